The minimum Gasteiger partial charge on any atom is -0.207 e. The third-order valence-electron chi connectivity index (χ3n) is 8.09. The molecule has 1 aliphatic rings. The van der Waals surface area contributed by atoms with Crippen LogP contribution in [0.3, 0.4) is 0 Å². The molecule has 0 unspecified atom stereocenters. The van der Waals surface area contributed by atoms with Gasteiger partial charge in [0, 0.05) is 5.56 Å². The number of halogens is 2. The van der Waals surface area contributed by atoms with Crippen molar-refractivity contribution in [1.82, 2.24) is 0 Å². The van der Waals surface area contributed by atoms with Gasteiger partial charge >= 0.3 is 0 Å². The van der Waals surface area contributed by atoms with Crippen LogP contribution in [-0.4, -0.2) is 0 Å². The summed E-state index contributed by atoms with van der Waals surface area (Å²) in [6, 6.07) is 22.1. The zero-order valence-corrected chi connectivity index (χ0v) is 21.9. The van der Waals surface area contributed by atoms with Crippen molar-refractivity contribution in [3.05, 3.63) is 107 Å². The molecule has 0 aromatic heterocycles. The Bertz CT molecular complexity index is 1080. The molecule has 190 valence electrons. The first kappa shape index (κ1) is 26.3. The number of hydrogen-bond donors (Lipinski definition) is 0. The maximum Gasteiger partial charge on any atom is 0.129 e. The molecule has 0 nitrogen and oxygen atoms in total. The topological polar surface area (TPSA) is 0 Å². The highest BCUT2D eigenvalue weighted by atomic mass is 19.1. The molecule has 0 bridgehead atoms. The lowest BCUT2D eigenvalue weighted by atomic mass is 9.75. The Morgan fingerprint density at radius 1 is 0.806 bits per heavy atom. The first-order valence-corrected chi connectivity index (χ1v) is 13.8. The van der Waals surface area contributed by atoms with E-state index >= 15 is 0 Å². The second-order valence-electron chi connectivity index (χ2n) is 10.7. The van der Waals surface area contributed by atoms with Crippen molar-refractivity contribution in [2.24, 2.45) is 11.8 Å². The van der Waals surface area contributed by atoms with Gasteiger partial charge in [-0.05, 0) is 91.2 Å². The standard InChI is InChI=1S/C34H40F2/c1-3-4-6-11-32-33(35)23-31(24-34(32)36)30-20-18-27(19-21-30)13-12-26-14-16-28(17-15-26)22-25(2)29-9-7-5-8-10-29/h3-5,7-10,18-21,23-26,28H,6,11-17,22H2,1-2H3/t25-,26?,28?/m0/s1. The van der Waals surface area contributed by atoms with Crippen LogP contribution in [0.25, 0.3) is 11.1 Å². The van der Waals surface area contributed by atoms with Gasteiger partial charge in [-0.15, -0.1) is 0 Å². The third kappa shape index (κ3) is 7.15. The molecule has 36 heavy (non-hydrogen) atoms. The van der Waals surface area contributed by atoms with Crippen LogP contribution in [0.2, 0.25) is 0 Å². The van der Waals surface area contributed by atoms with Crippen molar-refractivity contribution in [2.45, 2.75) is 77.6 Å². The summed E-state index contributed by atoms with van der Waals surface area (Å²) in [7, 11) is 0. The van der Waals surface area contributed by atoms with Gasteiger partial charge in [0.2, 0.25) is 0 Å². The SMILES string of the molecule is CC=CCCc1c(F)cc(-c2ccc(CCC3CCC(C[C@H](C)c4ccccc4)CC3)cc2)cc1F. The van der Waals surface area contributed by atoms with Crippen molar-refractivity contribution in [3.8, 4) is 11.1 Å². The Balaban J connectivity index is 1.25. The van der Waals surface area contributed by atoms with Crippen LogP contribution < -0.4 is 0 Å². The fourth-order valence-electron chi connectivity index (χ4n) is 5.81. The van der Waals surface area contributed by atoms with Gasteiger partial charge < -0.3 is 0 Å². The quantitative estimate of drug-likeness (QED) is 0.250. The third-order valence-corrected chi connectivity index (χ3v) is 8.09. The van der Waals surface area contributed by atoms with Gasteiger partial charge in [0.05, 0.1) is 0 Å². The summed E-state index contributed by atoms with van der Waals surface area (Å²) in [5.74, 6) is 1.40. The van der Waals surface area contributed by atoms with Crippen molar-refractivity contribution >= 4 is 0 Å². The zero-order chi connectivity index (χ0) is 25.3. The van der Waals surface area contributed by atoms with E-state index in [0.29, 0.717) is 24.3 Å². The molecule has 1 aliphatic carbocycles. The summed E-state index contributed by atoms with van der Waals surface area (Å²) in [6.45, 7) is 4.28. The molecule has 3 aromatic carbocycles. The van der Waals surface area contributed by atoms with Crippen molar-refractivity contribution in [1.29, 1.82) is 0 Å². The molecular formula is C34H40F2. The number of allylic oxidation sites excluding steroid dienone is 2. The van der Waals surface area contributed by atoms with Crippen molar-refractivity contribution < 1.29 is 8.78 Å². The van der Waals surface area contributed by atoms with E-state index < -0.39 is 11.6 Å². The van der Waals surface area contributed by atoms with E-state index in [1.165, 1.54) is 61.8 Å². The van der Waals surface area contributed by atoms with Crippen LogP contribution in [0, 0.1) is 23.5 Å². The van der Waals surface area contributed by atoms with Gasteiger partial charge in [-0.3, -0.25) is 0 Å². The first-order chi connectivity index (χ1) is 17.5. The molecule has 2 heteroatoms. The number of aryl methyl sites for hydroxylation is 1. The van der Waals surface area contributed by atoms with E-state index in [9.17, 15) is 8.78 Å². The Labute approximate surface area is 216 Å². The zero-order valence-electron chi connectivity index (χ0n) is 21.9. The molecule has 0 saturated heterocycles. The van der Waals surface area contributed by atoms with Crippen LogP contribution in [-0.2, 0) is 12.8 Å². The fraction of sp³-hybridized carbons (Fsp3) is 0.412. The van der Waals surface area contributed by atoms with E-state index in [0.717, 1.165) is 23.8 Å². The number of benzene rings is 3. The van der Waals surface area contributed by atoms with Crippen LogP contribution in [0.15, 0.2) is 78.9 Å². The average Bonchev–Trinajstić information content (AvgIpc) is 2.90. The second-order valence-corrected chi connectivity index (χ2v) is 10.7. The van der Waals surface area contributed by atoms with E-state index in [-0.39, 0.29) is 5.56 Å². The molecule has 0 N–H and O–H groups in total. The highest BCUT2D eigenvalue weighted by Gasteiger charge is 2.23. The van der Waals surface area contributed by atoms with E-state index in [2.05, 4.69) is 49.4 Å². The number of rotatable bonds is 10. The molecule has 1 fully saturated rings. The van der Waals surface area contributed by atoms with Gasteiger partial charge in [-0.1, -0.05) is 99.4 Å². The lowest BCUT2D eigenvalue weighted by Crippen LogP contribution is -2.16. The molecule has 1 atom stereocenters. The largest absolute Gasteiger partial charge is 0.207 e. The summed E-state index contributed by atoms with van der Waals surface area (Å²) in [5.41, 5.74) is 4.42. The Morgan fingerprint density at radius 3 is 2.08 bits per heavy atom. The smallest absolute Gasteiger partial charge is 0.129 e. The second kappa shape index (κ2) is 13.0. The molecule has 0 aliphatic heterocycles. The maximum absolute atomic E-state index is 14.5. The van der Waals surface area contributed by atoms with E-state index in [4.69, 9.17) is 0 Å². The normalized spacial score (nSPS) is 19.0. The van der Waals surface area contributed by atoms with Crippen LogP contribution >= 0.6 is 0 Å². The van der Waals surface area contributed by atoms with Gasteiger partial charge in [-0.2, -0.15) is 0 Å². The minimum absolute atomic E-state index is 0.178. The Hall–Kier alpha value is -2.74. The maximum atomic E-state index is 14.5. The highest BCUT2D eigenvalue weighted by Crippen LogP contribution is 2.37. The van der Waals surface area contributed by atoms with Crippen molar-refractivity contribution in [3.63, 3.8) is 0 Å². The monoisotopic (exact) mass is 486 g/mol. The van der Waals surface area contributed by atoms with Crippen LogP contribution in [0.4, 0.5) is 8.78 Å². The van der Waals surface area contributed by atoms with E-state index in [1.807, 2.05) is 31.2 Å². The fourth-order valence-corrected chi connectivity index (χ4v) is 5.81. The first-order valence-electron chi connectivity index (χ1n) is 13.8. The molecule has 0 amide bonds. The highest BCUT2D eigenvalue weighted by molar-refractivity contribution is 5.64. The molecular weight excluding hydrogens is 446 g/mol. The average molecular weight is 487 g/mol. The Kier molecular flexibility index (Phi) is 9.50. The van der Waals surface area contributed by atoms with Crippen LogP contribution in [0.1, 0.15) is 81.4 Å². The van der Waals surface area contributed by atoms with E-state index in [1.54, 1.807) is 0 Å². The molecule has 3 aromatic rings. The summed E-state index contributed by atoms with van der Waals surface area (Å²) < 4.78 is 29.1. The minimum atomic E-state index is -0.452. The van der Waals surface area contributed by atoms with Gasteiger partial charge in [0.25, 0.3) is 0 Å². The van der Waals surface area contributed by atoms with Gasteiger partial charge in [0.1, 0.15) is 11.6 Å². The Morgan fingerprint density at radius 2 is 1.44 bits per heavy atom. The van der Waals surface area contributed by atoms with Gasteiger partial charge in [0.15, 0.2) is 0 Å². The van der Waals surface area contributed by atoms with Gasteiger partial charge in [-0.25, -0.2) is 8.78 Å². The molecule has 4 rings (SSSR count). The summed E-state index contributed by atoms with van der Waals surface area (Å²) in [5, 5.41) is 0. The molecule has 0 radical (unpaired) electrons. The predicted molar refractivity (Wildman–Crippen MR) is 148 cm³/mol. The molecule has 0 heterocycles. The number of hydrogen-bond acceptors (Lipinski definition) is 0. The lowest BCUT2D eigenvalue weighted by Gasteiger charge is -2.30. The summed E-state index contributed by atoms with van der Waals surface area (Å²) in [4.78, 5) is 0. The summed E-state index contributed by atoms with van der Waals surface area (Å²) in [6.07, 6.45) is 13.8. The molecule has 1 saturated carbocycles. The summed E-state index contributed by atoms with van der Waals surface area (Å²) >= 11 is 0. The van der Waals surface area contributed by atoms with Crippen LogP contribution in [0.5, 0.6) is 0 Å². The van der Waals surface area contributed by atoms with Crippen molar-refractivity contribution in [2.75, 3.05) is 0 Å². The lowest BCUT2D eigenvalue weighted by molar-refractivity contribution is 0.245. The predicted octanol–water partition coefficient (Wildman–Crippen LogP) is 10.1. The molecule has 0 spiro atoms.